The summed E-state index contributed by atoms with van der Waals surface area (Å²) in [5.41, 5.74) is 6.92. The first kappa shape index (κ1) is 21.1. The number of halogens is 2. The highest BCUT2D eigenvalue weighted by atomic mass is 35.5. The van der Waals surface area contributed by atoms with E-state index in [0.29, 0.717) is 27.2 Å². The van der Waals surface area contributed by atoms with Crippen molar-refractivity contribution in [1.82, 2.24) is 15.0 Å². The lowest BCUT2D eigenvalue weighted by Crippen LogP contribution is -1.99. The Morgan fingerprint density at radius 1 is 0.939 bits per heavy atom. The third kappa shape index (κ3) is 4.44. The van der Waals surface area contributed by atoms with Crippen molar-refractivity contribution in [2.75, 3.05) is 12.5 Å². The van der Waals surface area contributed by atoms with Crippen LogP contribution in [-0.4, -0.2) is 28.3 Å². The predicted octanol–water partition coefficient (Wildman–Crippen LogP) is 6.61. The van der Waals surface area contributed by atoms with E-state index in [9.17, 15) is 0 Å². The van der Waals surface area contributed by atoms with Gasteiger partial charge in [0.2, 0.25) is 0 Å². The number of ether oxygens (including phenoxy) is 1. The molecule has 162 valence electrons. The molecule has 0 atom stereocenters. The fourth-order valence-corrected chi connectivity index (χ4v) is 3.85. The molecule has 3 heterocycles. The van der Waals surface area contributed by atoms with E-state index in [2.05, 4.69) is 25.5 Å². The molecule has 0 aliphatic rings. The van der Waals surface area contributed by atoms with Gasteiger partial charge < -0.3 is 4.74 Å². The predicted molar refractivity (Wildman–Crippen MR) is 135 cm³/mol. The number of nitrogens with zero attached hydrogens (tertiary/aromatic N) is 4. The first-order valence-electron chi connectivity index (χ1n) is 10.1. The summed E-state index contributed by atoms with van der Waals surface area (Å²) >= 11 is 12.5. The van der Waals surface area contributed by atoms with Crippen LogP contribution in [0.5, 0.6) is 5.75 Å². The van der Waals surface area contributed by atoms with E-state index < -0.39 is 0 Å². The van der Waals surface area contributed by atoms with Crippen molar-refractivity contribution in [3.8, 4) is 16.9 Å². The molecule has 0 saturated heterocycles. The molecule has 0 amide bonds. The summed E-state index contributed by atoms with van der Waals surface area (Å²) in [6.45, 7) is 0. The first-order chi connectivity index (χ1) is 16.1. The number of aromatic nitrogens is 3. The SMILES string of the molecule is COc1ccc(-c2cc3cccnc3nc2N/N=C/c2cc3cc(Cl)ccc3nc2Cl)cc1. The molecule has 0 saturated carbocycles. The number of rotatable bonds is 5. The Morgan fingerprint density at radius 2 is 1.79 bits per heavy atom. The minimum atomic E-state index is 0.346. The molecule has 0 spiro atoms. The molecule has 0 aliphatic carbocycles. The molecule has 33 heavy (non-hydrogen) atoms. The highest BCUT2D eigenvalue weighted by Crippen LogP contribution is 2.31. The molecular weight excluding hydrogens is 457 g/mol. The summed E-state index contributed by atoms with van der Waals surface area (Å²) in [4.78, 5) is 13.5. The lowest BCUT2D eigenvalue weighted by molar-refractivity contribution is 0.415. The zero-order valence-electron chi connectivity index (χ0n) is 17.5. The van der Waals surface area contributed by atoms with E-state index >= 15 is 0 Å². The summed E-state index contributed by atoms with van der Waals surface area (Å²) < 4.78 is 5.28. The Labute approximate surface area is 199 Å². The Hall–Kier alpha value is -3.74. The van der Waals surface area contributed by atoms with Crippen LogP contribution in [-0.2, 0) is 0 Å². The van der Waals surface area contributed by atoms with Gasteiger partial charge in [0.25, 0.3) is 0 Å². The zero-order chi connectivity index (χ0) is 22.8. The van der Waals surface area contributed by atoms with Crippen molar-refractivity contribution >= 4 is 57.2 Å². The van der Waals surface area contributed by atoms with Crippen molar-refractivity contribution in [2.24, 2.45) is 5.10 Å². The number of hydrogen-bond acceptors (Lipinski definition) is 6. The monoisotopic (exact) mass is 473 g/mol. The summed E-state index contributed by atoms with van der Waals surface area (Å²) in [6.07, 6.45) is 3.32. The fourth-order valence-electron chi connectivity index (χ4n) is 3.48. The van der Waals surface area contributed by atoms with Crippen LogP contribution in [0, 0.1) is 0 Å². The summed E-state index contributed by atoms with van der Waals surface area (Å²) in [6, 6.07) is 21.0. The van der Waals surface area contributed by atoms with E-state index in [1.807, 2.05) is 60.7 Å². The van der Waals surface area contributed by atoms with Gasteiger partial charge in [-0.1, -0.05) is 35.3 Å². The first-order valence-corrected chi connectivity index (χ1v) is 10.8. The van der Waals surface area contributed by atoms with E-state index in [1.54, 1.807) is 25.6 Å². The number of nitrogens with one attached hydrogen (secondary N) is 1. The smallest absolute Gasteiger partial charge is 0.161 e. The Kier molecular flexibility index (Phi) is 5.77. The number of anilines is 1. The molecule has 8 heteroatoms. The molecule has 0 aliphatic heterocycles. The standard InChI is InChI=1S/C25H17Cl2N5O/c1-33-20-7-4-15(5-8-20)21-13-16-3-2-10-28-24(16)31-25(21)32-29-14-18-11-17-12-19(26)6-9-22(17)30-23(18)27/h2-14H,1H3,(H,28,31,32)/b29-14+. The molecule has 5 rings (SSSR count). The van der Waals surface area contributed by atoms with Gasteiger partial charge in [-0.15, -0.1) is 0 Å². The third-order valence-corrected chi connectivity index (χ3v) is 5.66. The van der Waals surface area contributed by atoms with E-state index in [4.69, 9.17) is 27.9 Å². The van der Waals surface area contributed by atoms with E-state index in [1.165, 1.54) is 0 Å². The third-order valence-electron chi connectivity index (χ3n) is 5.12. The minimum Gasteiger partial charge on any atom is -0.497 e. The van der Waals surface area contributed by atoms with Crippen LogP contribution in [0.4, 0.5) is 5.82 Å². The van der Waals surface area contributed by atoms with Gasteiger partial charge in [0.15, 0.2) is 11.5 Å². The number of benzene rings is 2. The van der Waals surface area contributed by atoms with Gasteiger partial charge >= 0.3 is 0 Å². The van der Waals surface area contributed by atoms with Gasteiger partial charge in [0.05, 0.1) is 18.8 Å². The van der Waals surface area contributed by atoms with Crippen molar-refractivity contribution in [3.63, 3.8) is 0 Å². The van der Waals surface area contributed by atoms with Crippen LogP contribution >= 0.6 is 23.2 Å². The number of pyridine rings is 3. The van der Waals surface area contributed by atoms with Crippen LogP contribution in [0.2, 0.25) is 10.2 Å². The number of methoxy groups -OCH3 is 1. The maximum atomic E-state index is 6.36. The molecule has 0 radical (unpaired) electrons. The summed E-state index contributed by atoms with van der Waals surface area (Å²) in [7, 11) is 1.64. The minimum absolute atomic E-state index is 0.346. The lowest BCUT2D eigenvalue weighted by Gasteiger charge is -2.11. The normalized spacial score (nSPS) is 11.4. The average molecular weight is 474 g/mol. The fraction of sp³-hybridized carbons (Fsp3) is 0.0400. The van der Waals surface area contributed by atoms with Crippen LogP contribution in [0.15, 0.2) is 78.0 Å². The van der Waals surface area contributed by atoms with Crippen molar-refractivity contribution < 1.29 is 4.74 Å². The molecule has 5 aromatic rings. The molecule has 2 aromatic carbocycles. The number of hydrogen-bond donors (Lipinski definition) is 1. The highest BCUT2D eigenvalue weighted by Gasteiger charge is 2.10. The van der Waals surface area contributed by atoms with Gasteiger partial charge in [-0.05, 0) is 60.2 Å². The summed E-state index contributed by atoms with van der Waals surface area (Å²) in [5.74, 6) is 1.34. The van der Waals surface area contributed by atoms with Crippen LogP contribution in [0.3, 0.4) is 0 Å². The van der Waals surface area contributed by atoms with Crippen LogP contribution < -0.4 is 10.2 Å². The Morgan fingerprint density at radius 3 is 2.61 bits per heavy atom. The van der Waals surface area contributed by atoms with E-state index in [0.717, 1.165) is 33.2 Å². The second kappa shape index (κ2) is 9.02. The molecular formula is C25H17Cl2N5O. The maximum Gasteiger partial charge on any atom is 0.161 e. The topological polar surface area (TPSA) is 72.3 Å². The molecule has 1 N–H and O–H groups in total. The zero-order valence-corrected chi connectivity index (χ0v) is 19.0. The van der Waals surface area contributed by atoms with Crippen LogP contribution in [0.1, 0.15) is 5.56 Å². The highest BCUT2D eigenvalue weighted by molar-refractivity contribution is 6.33. The Bertz CT molecular complexity index is 1500. The van der Waals surface area contributed by atoms with E-state index in [-0.39, 0.29) is 0 Å². The largest absolute Gasteiger partial charge is 0.497 e. The second-order valence-corrected chi connectivity index (χ2v) is 8.03. The van der Waals surface area contributed by atoms with Crippen molar-refractivity contribution in [2.45, 2.75) is 0 Å². The molecule has 0 bridgehead atoms. The molecule has 0 fully saturated rings. The van der Waals surface area contributed by atoms with Gasteiger partial charge in [-0.25, -0.2) is 15.0 Å². The molecule has 3 aromatic heterocycles. The lowest BCUT2D eigenvalue weighted by atomic mass is 10.0. The van der Waals surface area contributed by atoms with Gasteiger partial charge in [-0.2, -0.15) is 5.10 Å². The van der Waals surface area contributed by atoms with Gasteiger partial charge in [0.1, 0.15) is 10.9 Å². The quantitative estimate of drug-likeness (QED) is 0.176. The van der Waals surface area contributed by atoms with Crippen molar-refractivity contribution in [3.05, 3.63) is 88.7 Å². The number of fused-ring (bicyclic) bond motifs is 2. The average Bonchev–Trinajstić information content (AvgIpc) is 2.84. The Balaban J connectivity index is 1.52. The molecule has 6 nitrogen and oxygen atoms in total. The van der Waals surface area contributed by atoms with Gasteiger partial charge in [0, 0.05) is 33.1 Å². The maximum absolute atomic E-state index is 6.36. The molecule has 0 unspecified atom stereocenters. The summed E-state index contributed by atoms with van der Waals surface area (Å²) in [5, 5.41) is 7.16. The van der Waals surface area contributed by atoms with Gasteiger partial charge in [-0.3, -0.25) is 5.43 Å². The van der Waals surface area contributed by atoms with Crippen molar-refractivity contribution in [1.29, 1.82) is 0 Å². The number of hydrazone groups is 1. The van der Waals surface area contributed by atoms with Crippen LogP contribution in [0.25, 0.3) is 33.1 Å². The second-order valence-electron chi connectivity index (χ2n) is 7.24.